The first-order valence-electron chi connectivity index (χ1n) is 6.61. The summed E-state index contributed by atoms with van der Waals surface area (Å²) < 4.78 is 32.1. The van der Waals surface area contributed by atoms with Crippen molar-refractivity contribution in [2.24, 2.45) is 0 Å². The summed E-state index contributed by atoms with van der Waals surface area (Å²) in [6.07, 6.45) is -0.196. The van der Waals surface area contributed by atoms with Crippen LogP contribution < -0.4 is 4.74 Å². The molecular formula is C16H13ClF2O2. The molecule has 1 aliphatic heterocycles. The van der Waals surface area contributed by atoms with E-state index in [0.717, 1.165) is 18.1 Å². The fourth-order valence-corrected chi connectivity index (χ4v) is 2.80. The first kappa shape index (κ1) is 14.3. The van der Waals surface area contributed by atoms with Gasteiger partial charge < -0.3 is 9.84 Å². The van der Waals surface area contributed by atoms with Crippen LogP contribution in [0.3, 0.4) is 0 Å². The maximum absolute atomic E-state index is 13.7. The summed E-state index contributed by atoms with van der Waals surface area (Å²) in [5, 5.41) is 10.9. The van der Waals surface area contributed by atoms with Gasteiger partial charge >= 0.3 is 0 Å². The lowest BCUT2D eigenvalue weighted by Gasteiger charge is -2.15. The number of halogens is 3. The van der Waals surface area contributed by atoms with E-state index in [4.69, 9.17) is 16.3 Å². The summed E-state index contributed by atoms with van der Waals surface area (Å²) in [5.41, 5.74) is 1.73. The zero-order valence-electron chi connectivity index (χ0n) is 11.1. The summed E-state index contributed by atoms with van der Waals surface area (Å²) in [6.45, 7) is 0.542. The average Bonchev–Trinajstić information content (AvgIpc) is 2.88. The predicted molar refractivity (Wildman–Crippen MR) is 75.7 cm³/mol. The van der Waals surface area contributed by atoms with Crippen molar-refractivity contribution in [1.29, 1.82) is 0 Å². The van der Waals surface area contributed by atoms with Crippen LogP contribution in [-0.2, 0) is 12.8 Å². The van der Waals surface area contributed by atoms with E-state index in [-0.39, 0.29) is 12.0 Å². The number of hydrogen-bond donors (Lipinski definition) is 1. The lowest BCUT2D eigenvalue weighted by atomic mass is 9.98. The zero-order valence-corrected chi connectivity index (χ0v) is 11.8. The van der Waals surface area contributed by atoms with Crippen molar-refractivity contribution >= 4 is 11.6 Å². The standard InChI is InChI=1S/C16H13ClF2O2/c17-11-5-10-3-4-21-16(10)13(7-11)15(20)6-9-1-2-12(18)8-14(9)19/h1-2,5,7-8,15,20H,3-4,6H2. The Hall–Kier alpha value is -1.65. The molecule has 0 radical (unpaired) electrons. The lowest BCUT2D eigenvalue weighted by molar-refractivity contribution is 0.172. The number of aliphatic hydroxyl groups is 1. The number of aliphatic hydroxyl groups excluding tert-OH is 1. The van der Waals surface area contributed by atoms with Crippen molar-refractivity contribution < 1.29 is 18.6 Å². The fourth-order valence-electron chi connectivity index (χ4n) is 2.55. The van der Waals surface area contributed by atoms with E-state index < -0.39 is 17.7 Å². The minimum absolute atomic E-state index is 0.0300. The molecule has 3 rings (SSSR count). The monoisotopic (exact) mass is 310 g/mol. The van der Waals surface area contributed by atoms with Gasteiger partial charge in [0.2, 0.25) is 0 Å². The molecule has 0 saturated heterocycles. The first-order chi connectivity index (χ1) is 10.0. The van der Waals surface area contributed by atoms with Crippen LogP contribution in [-0.4, -0.2) is 11.7 Å². The van der Waals surface area contributed by atoms with Crippen LogP contribution in [0, 0.1) is 11.6 Å². The molecule has 0 fully saturated rings. The number of fused-ring (bicyclic) bond motifs is 1. The third kappa shape index (κ3) is 2.87. The van der Waals surface area contributed by atoms with E-state index in [1.807, 2.05) is 0 Å². The van der Waals surface area contributed by atoms with Gasteiger partial charge in [-0.3, -0.25) is 0 Å². The Bertz CT molecular complexity index is 688. The van der Waals surface area contributed by atoms with Gasteiger partial charge in [-0.15, -0.1) is 0 Å². The third-order valence-corrected chi connectivity index (χ3v) is 3.78. The molecule has 2 aromatic carbocycles. The largest absolute Gasteiger partial charge is 0.493 e. The third-order valence-electron chi connectivity index (χ3n) is 3.56. The van der Waals surface area contributed by atoms with Gasteiger partial charge in [-0.2, -0.15) is 0 Å². The van der Waals surface area contributed by atoms with E-state index in [9.17, 15) is 13.9 Å². The van der Waals surface area contributed by atoms with E-state index in [0.29, 0.717) is 22.9 Å². The van der Waals surface area contributed by atoms with Crippen molar-refractivity contribution in [2.45, 2.75) is 18.9 Å². The molecule has 1 atom stereocenters. The number of benzene rings is 2. The maximum atomic E-state index is 13.7. The average molecular weight is 311 g/mol. The molecule has 0 saturated carbocycles. The molecule has 0 aliphatic carbocycles. The predicted octanol–water partition coefficient (Wildman–Crippen LogP) is 3.83. The second-order valence-electron chi connectivity index (χ2n) is 5.04. The molecule has 0 bridgehead atoms. The molecule has 1 N–H and O–H groups in total. The molecule has 2 nitrogen and oxygen atoms in total. The topological polar surface area (TPSA) is 29.5 Å². The van der Waals surface area contributed by atoms with Gasteiger partial charge in [0, 0.05) is 29.5 Å². The van der Waals surface area contributed by atoms with E-state index in [1.54, 1.807) is 12.1 Å². The van der Waals surface area contributed by atoms with Gasteiger partial charge in [0.05, 0.1) is 12.7 Å². The van der Waals surface area contributed by atoms with Gasteiger partial charge in [-0.05, 0) is 29.3 Å². The van der Waals surface area contributed by atoms with Crippen molar-refractivity contribution in [2.75, 3.05) is 6.61 Å². The highest BCUT2D eigenvalue weighted by Crippen LogP contribution is 2.37. The molecule has 110 valence electrons. The summed E-state index contributed by atoms with van der Waals surface area (Å²) in [5.74, 6) is -0.694. The van der Waals surface area contributed by atoms with E-state index >= 15 is 0 Å². The van der Waals surface area contributed by atoms with Crippen molar-refractivity contribution in [3.05, 3.63) is 63.7 Å². The van der Waals surface area contributed by atoms with Crippen LogP contribution in [0.5, 0.6) is 5.75 Å². The lowest BCUT2D eigenvalue weighted by Crippen LogP contribution is -2.06. The Balaban J connectivity index is 1.91. The molecule has 5 heteroatoms. The van der Waals surface area contributed by atoms with Crippen LogP contribution in [0.1, 0.15) is 22.8 Å². The van der Waals surface area contributed by atoms with Crippen LogP contribution >= 0.6 is 11.6 Å². The second kappa shape index (κ2) is 5.62. The minimum atomic E-state index is -0.962. The molecule has 0 amide bonds. The second-order valence-corrected chi connectivity index (χ2v) is 5.47. The Labute approximate surface area is 125 Å². The SMILES string of the molecule is OC(Cc1ccc(F)cc1F)c1cc(Cl)cc2c1OCC2. The Kier molecular flexibility index (Phi) is 3.83. The molecule has 2 aromatic rings. The smallest absolute Gasteiger partial charge is 0.129 e. The highest BCUT2D eigenvalue weighted by molar-refractivity contribution is 6.30. The van der Waals surface area contributed by atoms with E-state index in [2.05, 4.69) is 0 Å². The summed E-state index contributed by atoms with van der Waals surface area (Å²) in [7, 11) is 0. The number of ether oxygens (including phenoxy) is 1. The molecule has 0 aromatic heterocycles. The maximum Gasteiger partial charge on any atom is 0.129 e. The highest BCUT2D eigenvalue weighted by Gasteiger charge is 2.23. The molecule has 1 heterocycles. The van der Waals surface area contributed by atoms with Gasteiger partial charge in [-0.25, -0.2) is 8.78 Å². The van der Waals surface area contributed by atoms with Gasteiger partial charge in [0.25, 0.3) is 0 Å². The van der Waals surface area contributed by atoms with Crippen molar-refractivity contribution in [3.63, 3.8) is 0 Å². The number of hydrogen-bond acceptors (Lipinski definition) is 2. The fraction of sp³-hybridized carbons (Fsp3) is 0.250. The van der Waals surface area contributed by atoms with Gasteiger partial charge in [0.1, 0.15) is 17.4 Å². The van der Waals surface area contributed by atoms with Crippen LogP contribution in [0.2, 0.25) is 5.02 Å². The van der Waals surface area contributed by atoms with E-state index in [1.165, 1.54) is 12.1 Å². The Morgan fingerprint density at radius 1 is 1.24 bits per heavy atom. The Morgan fingerprint density at radius 3 is 2.81 bits per heavy atom. The molecular weight excluding hydrogens is 298 g/mol. The van der Waals surface area contributed by atoms with Crippen molar-refractivity contribution in [3.8, 4) is 5.75 Å². The summed E-state index contributed by atoms with van der Waals surface area (Å²) in [6, 6.07) is 6.74. The zero-order chi connectivity index (χ0) is 15.0. The van der Waals surface area contributed by atoms with Crippen LogP contribution in [0.4, 0.5) is 8.78 Å². The molecule has 0 spiro atoms. The van der Waals surface area contributed by atoms with Gasteiger partial charge in [0.15, 0.2) is 0 Å². The van der Waals surface area contributed by atoms with Crippen molar-refractivity contribution in [1.82, 2.24) is 0 Å². The number of rotatable bonds is 3. The molecule has 1 aliphatic rings. The first-order valence-corrected chi connectivity index (χ1v) is 6.99. The van der Waals surface area contributed by atoms with Crippen LogP contribution in [0.25, 0.3) is 0 Å². The normalized spacial score (nSPS) is 14.7. The van der Waals surface area contributed by atoms with Crippen LogP contribution in [0.15, 0.2) is 30.3 Å². The highest BCUT2D eigenvalue weighted by atomic mass is 35.5. The van der Waals surface area contributed by atoms with Gasteiger partial charge in [-0.1, -0.05) is 17.7 Å². The Morgan fingerprint density at radius 2 is 2.05 bits per heavy atom. The molecule has 21 heavy (non-hydrogen) atoms. The molecule has 1 unspecified atom stereocenters. The summed E-state index contributed by atoms with van der Waals surface area (Å²) in [4.78, 5) is 0. The summed E-state index contributed by atoms with van der Waals surface area (Å²) >= 11 is 6.04. The minimum Gasteiger partial charge on any atom is -0.493 e. The quantitative estimate of drug-likeness (QED) is 0.933.